The summed E-state index contributed by atoms with van der Waals surface area (Å²) >= 11 is 0. The molecule has 1 N–H and O–H groups in total. The van der Waals surface area contributed by atoms with Crippen LogP contribution in [0.4, 0.5) is 9.59 Å². The zero-order chi connectivity index (χ0) is 15.3. The van der Waals surface area contributed by atoms with Gasteiger partial charge in [0.25, 0.3) is 0 Å². The average molecular weight is 286 g/mol. The molecular formula is C14H26N2O4. The molecule has 0 aliphatic carbocycles. The molecule has 6 heteroatoms. The number of amides is 2. The first-order valence-corrected chi connectivity index (χ1v) is 7.12. The first-order valence-electron chi connectivity index (χ1n) is 7.12. The van der Waals surface area contributed by atoms with Crippen molar-refractivity contribution < 1.29 is 19.1 Å². The summed E-state index contributed by atoms with van der Waals surface area (Å²) in [6.07, 6.45) is 0.331. The van der Waals surface area contributed by atoms with Gasteiger partial charge in [0.05, 0.1) is 6.61 Å². The molecule has 1 fully saturated rings. The van der Waals surface area contributed by atoms with Crippen molar-refractivity contribution in [2.75, 3.05) is 13.2 Å². The van der Waals surface area contributed by atoms with Crippen molar-refractivity contribution in [3.05, 3.63) is 0 Å². The van der Waals surface area contributed by atoms with Crippen molar-refractivity contribution in [2.24, 2.45) is 5.92 Å². The summed E-state index contributed by atoms with van der Waals surface area (Å²) in [7, 11) is 0. The van der Waals surface area contributed by atoms with Gasteiger partial charge < -0.3 is 14.8 Å². The van der Waals surface area contributed by atoms with E-state index < -0.39 is 17.8 Å². The first kappa shape index (κ1) is 16.6. The van der Waals surface area contributed by atoms with Crippen LogP contribution in [0.25, 0.3) is 0 Å². The zero-order valence-electron chi connectivity index (χ0n) is 13.1. The molecule has 0 aromatic carbocycles. The number of nitrogens with zero attached hydrogens (tertiary/aromatic N) is 1. The third kappa shape index (κ3) is 5.67. The Hall–Kier alpha value is -1.46. The Kier molecular flexibility index (Phi) is 5.65. The van der Waals surface area contributed by atoms with Gasteiger partial charge in [-0.2, -0.15) is 0 Å². The summed E-state index contributed by atoms with van der Waals surface area (Å²) < 4.78 is 10.4. The van der Waals surface area contributed by atoms with Gasteiger partial charge in [0.1, 0.15) is 11.8 Å². The normalized spacial score (nSPS) is 19.1. The van der Waals surface area contributed by atoms with Crippen LogP contribution in [0.15, 0.2) is 0 Å². The Labute approximate surface area is 120 Å². The fourth-order valence-corrected chi connectivity index (χ4v) is 1.88. The maximum Gasteiger partial charge on any atom is 0.411 e. The van der Waals surface area contributed by atoms with Gasteiger partial charge in [0, 0.05) is 6.54 Å². The number of rotatable bonds is 3. The number of hydrogen-bond donors (Lipinski definition) is 1. The summed E-state index contributed by atoms with van der Waals surface area (Å²) in [5, 5.41) is 2.71. The van der Waals surface area contributed by atoms with Crippen molar-refractivity contribution >= 4 is 12.2 Å². The molecule has 1 rings (SSSR count). The fraction of sp³-hybridized carbons (Fsp3) is 0.857. The highest BCUT2D eigenvalue weighted by atomic mass is 16.6. The van der Waals surface area contributed by atoms with Crippen molar-refractivity contribution in [3.63, 3.8) is 0 Å². The molecule has 0 bridgehead atoms. The molecule has 0 saturated carbocycles. The number of nitrogens with one attached hydrogen (secondary N) is 1. The van der Waals surface area contributed by atoms with Crippen LogP contribution < -0.4 is 5.32 Å². The summed E-state index contributed by atoms with van der Waals surface area (Å²) in [4.78, 5) is 25.2. The van der Waals surface area contributed by atoms with Crippen LogP contribution in [0.3, 0.4) is 0 Å². The van der Waals surface area contributed by atoms with E-state index in [1.807, 2.05) is 34.6 Å². The lowest BCUT2D eigenvalue weighted by Crippen LogP contribution is -2.48. The fourth-order valence-electron chi connectivity index (χ4n) is 1.88. The van der Waals surface area contributed by atoms with E-state index in [4.69, 9.17) is 9.47 Å². The second-order valence-electron chi connectivity index (χ2n) is 6.47. The molecule has 0 radical (unpaired) electrons. The molecule has 2 amide bonds. The molecule has 1 heterocycles. The van der Waals surface area contributed by atoms with Crippen LogP contribution in [-0.4, -0.2) is 42.0 Å². The maximum atomic E-state index is 12.0. The van der Waals surface area contributed by atoms with E-state index >= 15 is 0 Å². The monoisotopic (exact) mass is 286 g/mol. The van der Waals surface area contributed by atoms with Crippen molar-refractivity contribution in [2.45, 2.75) is 59.2 Å². The quantitative estimate of drug-likeness (QED) is 0.866. The highest BCUT2D eigenvalue weighted by molar-refractivity contribution is 5.71. The van der Waals surface area contributed by atoms with Gasteiger partial charge in [-0.25, -0.2) is 9.59 Å². The number of hydrogen-bond acceptors (Lipinski definition) is 4. The van der Waals surface area contributed by atoms with Gasteiger partial charge in [-0.05, 0) is 39.5 Å². The van der Waals surface area contributed by atoms with E-state index in [-0.39, 0.29) is 12.1 Å². The van der Waals surface area contributed by atoms with E-state index in [9.17, 15) is 9.59 Å². The average Bonchev–Trinajstić information content (AvgIpc) is 2.72. The standard InChI is InChI=1S/C14H26N2O4/c1-10(2)9-19-12(17)15-11-7-6-8-16(11)13(18)20-14(3,4)5/h10-11H,6-9H2,1-5H3,(H,15,17). The van der Waals surface area contributed by atoms with Crippen LogP contribution in [0.5, 0.6) is 0 Å². The molecule has 1 unspecified atom stereocenters. The van der Waals surface area contributed by atoms with Crippen molar-refractivity contribution in [3.8, 4) is 0 Å². The van der Waals surface area contributed by atoms with Crippen LogP contribution >= 0.6 is 0 Å². The number of carbonyl (C=O) groups is 2. The van der Waals surface area contributed by atoms with E-state index in [2.05, 4.69) is 5.32 Å². The van der Waals surface area contributed by atoms with E-state index in [0.717, 1.165) is 12.8 Å². The van der Waals surface area contributed by atoms with E-state index in [1.54, 1.807) is 4.90 Å². The Morgan fingerprint density at radius 1 is 1.35 bits per heavy atom. The lowest BCUT2D eigenvalue weighted by atomic mass is 10.2. The van der Waals surface area contributed by atoms with Gasteiger partial charge in [0.15, 0.2) is 0 Å². The van der Waals surface area contributed by atoms with Crippen LogP contribution in [0.1, 0.15) is 47.5 Å². The minimum absolute atomic E-state index is 0.284. The zero-order valence-corrected chi connectivity index (χ0v) is 13.1. The summed E-state index contributed by atoms with van der Waals surface area (Å²) in [5.74, 6) is 0.284. The van der Waals surface area contributed by atoms with Gasteiger partial charge in [-0.15, -0.1) is 0 Å². The minimum atomic E-state index is -0.539. The Bertz CT molecular complexity index is 350. The van der Waals surface area contributed by atoms with Crippen LogP contribution in [-0.2, 0) is 9.47 Å². The first-order chi connectivity index (χ1) is 9.19. The third-order valence-electron chi connectivity index (χ3n) is 2.71. The number of ether oxygens (including phenoxy) is 2. The third-order valence-corrected chi connectivity index (χ3v) is 2.71. The van der Waals surface area contributed by atoms with Gasteiger partial charge in [0.2, 0.25) is 0 Å². The van der Waals surface area contributed by atoms with Crippen LogP contribution in [0, 0.1) is 5.92 Å². The Morgan fingerprint density at radius 2 is 2.00 bits per heavy atom. The summed E-state index contributed by atoms with van der Waals surface area (Å²) in [5.41, 5.74) is -0.539. The van der Waals surface area contributed by atoms with Crippen molar-refractivity contribution in [1.82, 2.24) is 10.2 Å². The summed E-state index contributed by atoms with van der Waals surface area (Å²) in [6, 6.07) is 0. The van der Waals surface area contributed by atoms with Gasteiger partial charge in [-0.3, -0.25) is 4.90 Å². The smallest absolute Gasteiger partial charge is 0.411 e. The SMILES string of the molecule is CC(C)COC(=O)NC1CCCN1C(=O)OC(C)(C)C. The van der Waals surface area contributed by atoms with Gasteiger partial charge in [-0.1, -0.05) is 13.8 Å². The molecule has 116 valence electrons. The molecule has 1 atom stereocenters. The molecule has 20 heavy (non-hydrogen) atoms. The molecule has 1 aliphatic heterocycles. The lowest BCUT2D eigenvalue weighted by molar-refractivity contribution is 0.0197. The molecule has 6 nitrogen and oxygen atoms in total. The van der Waals surface area contributed by atoms with E-state index in [0.29, 0.717) is 13.2 Å². The Morgan fingerprint density at radius 3 is 2.55 bits per heavy atom. The lowest BCUT2D eigenvalue weighted by Gasteiger charge is -2.28. The summed E-state index contributed by atoms with van der Waals surface area (Å²) in [6.45, 7) is 10.3. The second kappa shape index (κ2) is 6.81. The Balaban J connectivity index is 2.48. The molecule has 0 aromatic heterocycles. The molecule has 1 saturated heterocycles. The second-order valence-corrected chi connectivity index (χ2v) is 6.47. The largest absolute Gasteiger partial charge is 0.449 e. The highest BCUT2D eigenvalue weighted by Gasteiger charge is 2.33. The maximum absolute atomic E-state index is 12.0. The number of alkyl carbamates (subject to hydrolysis) is 1. The van der Waals surface area contributed by atoms with Crippen molar-refractivity contribution in [1.29, 1.82) is 0 Å². The number of likely N-dealkylation sites (tertiary alicyclic amines) is 1. The predicted molar refractivity (Wildman–Crippen MR) is 75.3 cm³/mol. The highest BCUT2D eigenvalue weighted by Crippen LogP contribution is 2.19. The molecular weight excluding hydrogens is 260 g/mol. The predicted octanol–water partition coefficient (Wildman–Crippen LogP) is 2.73. The van der Waals surface area contributed by atoms with Crippen LogP contribution in [0.2, 0.25) is 0 Å². The topological polar surface area (TPSA) is 67.9 Å². The molecule has 0 aromatic rings. The minimum Gasteiger partial charge on any atom is -0.449 e. The van der Waals surface area contributed by atoms with E-state index in [1.165, 1.54) is 0 Å². The number of carbonyl (C=O) groups excluding carboxylic acids is 2. The molecule has 0 spiro atoms. The van der Waals surface area contributed by atoms with Gasteiger partial charge >= 0.3 is 12.2 Å². The molecule has 1 aliphatic rings.